The van der Waals surface area contributed by atoms with E-state index in [1.54, 1.807) is 6.92 Å². The highest BCUT2D eigenvalue weighted by molar-refractivity contribution is 5.68. The summed E-state index contributed by atoms with van der Waals surface area (Å²) >= 11 is 0. The molecule has 0 radical (unpaired) electrons. The number of amides is 1. The van der Waals surface area contributed by atoms with Crippen molar-refractivity contribution in [3.05, 3.63) is 11.6 Å². The quantitative estimate of drug-likeness (QED) is 0.633. The Kier molecular flexibility index (Phi) is 8.06. The van der Waals surface area contributed by atoms with Gasteiger partial charge in [-0.15, -0.1) is 0 Å². The predicted octanol–water partition coefficient (Wildman–Crippen LogP) is 2.30. The van der Waals surface area contributed by atoms with Gasteiger partial charge in [0.05, 0.1) is 12.7 Å². The maximum absolute atomic E-state index is 11.3. The van der Waals surface area contributed by atoms with Crippen LogP contribution in [0.2, 0.25) is 0 Å². The number of nitriles is 1. The van der Waals surface area contributed by atoms with E-state index >= 15 is 0 Å². The molecule has 0 aliphatic heterocycles. The number of carbonyl (C=O) groups is 2. The average Bonchev–Trinajstić information content (AvgIpc) is 2.25. The third-order valence-corrected chi connectivity index (χ3v) is 2.24. The first-order chi connectivity index (χ1) is 9.32. The second-order valence-corrected chi connectivity index (χ2v) is 5.23. The maximum Gasteiger partial charge on any atom is 0.407 e. The Bertz CT molecular complexity index is 383. The van der Waals surface area contributed by atoms with Gasteiger partial charge in [-0.3, -0.25) is 4.79 Å². The van der Waals surface area contributed by atoms with Crippen LogP contribution in [0.4, 0.5) is 4.79 Å². The summed E-state index contributed by atoms with van der Waals surface area (Å²) in [4.78, 5) is 20.5. The van der Waals surface area contributed by atoms with Gasteiger partial charge in [0.15, 0.2) is 0 Å². The lowest BCUT2D eigenvalue weighted by atomic mass is 9.86. The van der Waals surface area contributed by atoms with E-state index in [2.05, 4.69) is 10.1 Å². The van der Waals surface area contributed by atoms with Crippen LogP contribution >= 0.6 is 0 Å². The zero-order valence-corrected chi connectivity index (χ0v) is 12.4. The van der Waals surface area contributed by atoms with Crippen molar-refractivity contribution in [3.63, 3.8) is 0 Å². The number of nitrogens with zero attached hydrogens (tertiary/aromatic N) is 1. The number of alkyl carbamates (subject to hydrolysis) is 1. The van der Waals surface area contributed by atoms with Crippen LogP contribution in [0.15, 0.2) is 11.6 Å². The molecule has 112 valence electrons. The fraction of sp³-hybridized carbons (Fsp3) is 0.643. The zero-order chi connectivity index (χ0) is 15.6. The molecule has 1 rings (SSSR count). The van der Waals surface area contributed by atoms with Crippen molar-refractivity contribution < 1.29 is 19.1 Å². The molecule has 1 saturated carbocycles. The summed E-state index contributed by atoms with van der Waals surface area (Å²) in [5.74, 6) is 0. The largest absolute Gasteiger partial charge is 0.468 e. The summed E-state index contributed by atoms with van der Waals surface area (Å²) in [6, 6.07) is 2.10. The summed E-state index contributed by atoms with van der Waals surface area (Å²) in [5, 5.41) is 11.1. The van der Waals surface area contributed by atoms with E-state index in [1.165, 1.54) is 6.08 Å². The minimum Gasteiger partial charge on any atom is -0.468 e. The van der Waals surface area contributed by atoms with Crippen LogP contribution < -0.4 is 5.32 Å². The summed E-state index contributed by atoms with van der Waals surface area (Å²) in [7, 11) is 0. The van der Waals surface area contributed by atoms with Crippen LogP contribution in [0, 0.1) is 11.3 Å². The number of hydrogen-bond donors (Lipinski definition) is 1. The Morgan fingerprint density at radius 2 is 2.10 bits per heavy atom. The van der Waals surface area contributed by atoms with Crippen LogP contribution in [0.1, 0.15) is 40.5 Å². The van der Waals surface area contributed by atoms with E-state index in [0.29, 0.717) is 13.1 Å². The van der Waals surface area contributed by atoms with Crippen LogP contribution in [0.25, 0.3) is 0 Å². The molecule has 20 heavy (non-hydrogen) atoms. The summed E-state index contributed by atoms with van der Waals surface area (Å²) in [6.07, 6.45) is 2.66. The lowest BCUT2D eigenvalue weighted by molar-refractivity contribution is -0.128. The molecular formula is C14H22N2O4. The zero-order valence-electron chi connectivity index (χ0n) is 12.4. The SMILES string of the molecule is CC(C)(C)OC(=O)NC1CC(=CC#N)C1.CCOC=O. The highest BCUT2D eigenvalue weighted by atomic mass is 16.6. The van der Waals surface area contributed by atoms with E-state index in [0.717, 1.165) is 18.4 Å². The van der Waals surface area contributed by atoms with Gasteiger partial charge in [-0.25, -0.2) is 4.79 Å². The minimum atomic E-state index is -0.459. The number of rotatable bonds is 3. The average molecular weight is 282 g/mol. The molecule has 1 amide bonds. The van der Waals surface area contributed by atoms with Gasteiger partial charge in [0.2, 0.25) is 0 Å². The van der Waals surface area contributed by atoms with Crippen LogP contribution in [-0.4, -0.2) is 30.8 Å². The molecule has 1 fully saturated rings. The van der Waals surface area contributed by atoms with Crippen molar-refractivity contribution in [2.24, 2.45) is 0 Å². The second-order valence-electron chi connectivity index (χ2n) is 5.23. The molecule has 0 aromatic rings. The molecule has 0 atom stereocenters. The highest BCUT2D eigenvalue weighted by Gasteiger charge is 2.26. The smallest absolute Gasteiger partial charge is 0.407 e. The predicted molar refractivity (Wildman–Crippen MR) is 73.8 cm³/mol. The van der Waals surface area contributed by atoms with Gasteiger partial charge < -0.3 is 14.8 Å². The molecule has 0 aromatic carbocycles. The van der Waals surface area contributed by atoms with Crippen molar-refractivity contribution in [2.45, 2.75) is 52.2 Å². The lowest BCUT2D eigenvalue weighted by Crippen LogP contribution is -2.43. The van der Waals surface area contributed by atoms with Gasteiger partial charge in [0.25, 0.3) is 6.47 Å². The van der Waals surface area contributed by atoms with E-state index in [4.69, 9.17) is 10.00 Å². The Labute approximate surface area is 119 Å². The van der Waals surface area contributed by atoms with Gasteiger partial charge in [-0.2, -0.15) is 5.26 Å². The number of hydrogen-bond acceptors (Lipinski definition) is 5. The van der Waals surface area contributed by atoms with Crippen molar-refractivity contribution in [1.29, 1.82) is 5.26 Å². The molecule has 1 aliphatic rings. The lowest BCUT2D eigenvalue weighted by Gasteiger charge is -2.30. The highest BCUT2D eigenvalue weighted by Crippen LogP contribution is 2.26. The fourth-order valence-electron chi connectivity index (χ4n) is 1.43. The molecule has 1 aliphatic carbocycles. The normalized spacial score (nSPS) is 16.6. The molecule has 0 aromatic heterocycles. The Morgan fingerprint density at radius 3 is 2.45 bits per heavy atom. The minimum absolute atomic E-state index is 0.124. The van der Waals surface area contributed by atoms with Crippen LogP contribution in [-0.2, 0) is 14.3 Å². The van der Waals surface area contributed by atoms with Gasteiger partial charge in [-0.05, 0) is 40.5 Å². The number of nitrogens with one attached hydrogen (secondary N) is 1. The monoisotopic (exact) mass is 282 g/mol. The van der Waals surface area contributed by atoms with Crippen LogP contribution in [0.3, 0.4) is 0 Å². The van der Waals surface area contributed by atoms with Crippen molar-refractivity contribution >= 4 is 12.6 Å². The topological polar surface area (TPSA) is 88.4 Å². The van der Waals surface area contributed by atoms with E-state index in [-0.39, 0.29) is 12.1 Å². The molecular weight excluding hydrogens is 260 g/mol. The third-order valence-electron chi connectivity index (χ3n) is 2.24. The first-order valence-corrected chi connectivity index (χ1v) is 6.44. The van der Waals surface area contributed by atoms with Crippen molar-refractivity contribution in [1.82, 2.24) is 5.32 Å². The first kappa shape index (κ1) is 18.0. The number of ether oxygens (including phenoxy) is 2. The van der Waals surface area contributed by atoms with Gasteiger partial charge >= 0.3 is 6.09 Å². The summed E-state index contributed by atoms with van der Waals surface area (Å²) in [5.41, 5.74) is 0.623. The van der Waals surface area contributed by atoms with E-state index < -0.39 is 5.60 Å². The molecule has 0 unspecified atom stereocenters. The molecule has 0 spiro atoms. The second kappa shape index (κ2) is 8.97. The van der Waals surface area contributed by atoms with Gasteiger partial charge in [0, 0.05) is 12.1 Å². The third kappa shape index (κ3) is 8.97. The Hall–Kier alpha value is -2.03. The molecule has 1 N–H and O–H groups in total. The Balaban J connectivity index is 0.000000621. The maximum atomic E-state index is 11.3. The summed E-state index contributed by atoms with van der Waals surface area (Å²) in [6.45, 7) is 8.15. The van der Waals surface area contributed by atoms with Gasteiger partial charge in [-0.1, -0.05) is 5.57 Å². The Morgan fingerprint density at radius 1 is 1.50 bits per heavy atom. The molecule has 0 heterocycles. The number of allylic oxidation sites excluding steroid dienone is 1. The van der Waals surface area contributed by atoms with E-state index in [1.807, 2.05) is 26.8 Å². The van der Waals surface area contributed by atoms with E-state index in [9.17, 15) is 9.59 Å². The standard InChI is InChI=1S/C11H16N2O2.C3H6O2/c1-11(2,3)15-10(14)13-9-6-8(7-9)4-5-12;1-2-5-3-4/h4,9H,6-7H2,1-3H3,(H,13,14);3H,2H2,1H3. The van der Waals surface area contributed by atoms with Gasteiger partial charge in [0.1, 0.15) is 5.60 Å². The molecule has 6 heteroatoms. The van der Waals surface area contributed by atoms with Crippen molar-refractivity contribution in [2.75, 3.05) is 6.61 Å². The number of carbonyl (C=O) groups excluding carboxylic acids is 2. The van der Waals surface area contributed by atoms with Crippen LogP contribution in [0.5, 0.6) is 0 Å². The van der Waals surface area contributed by atoms with Crippen molar-refractivity contribution in [3.8, 4) is 6.07 Å². The fourth-order valence-corrected chi connectivity index (χ4v) is 1.43. The molecule has 0 bridgehead atoms. The summed E-state index contributed by atoms with van der Waals surface area (Å²) < 4.78 is 9.26. The first-order valence-electron chi connectivity index (χ1n) is 6.44. The molecule has 6 nitrogen and oxygen atoms in total. The molecule has 0 saturated heterocycles.